The van der Waals surface area contributed by atoms with Gasteiger partial charge < -0.3 is 10.1 Å². The molecule has 0 fully saturated rings. The van der Waals surface area contributed by atoms with Gasteiger partial charge in [-0.15, -0.1) is 0 Å². The molecule has 19 heavy (non-hydrogen) atoms. The van der Waals surface area contributed by atoms with Crippen molar-refractivity contribution in [3.63, 3.8) is 0 Å². The van der Waals surface area contributed by atoms with E-state index >= 15 is 0 Å². The topological polar surface area (TPSA) is 39.1 Å². The molecule has 1 heterocycles. The van der Waals surface area contributed by atoms with Gasteiger partial charge in [-0.25, -0.2) is 0 Å². The minimum atomic E-state index is 0.356. The average molecular weight is 267 g/mol. The Morgan fingerprint density at radius 2 is 2.05 bits per heavy atom. The fourth-order valence-corrected chi connectivity index (χ4v) is 2.34. The summed E-state index contributed by atoms with van der Waals surface area (Å²) >= 11 is 0. The van der Waals surface area contributed by atoms with E-state index in [4.69, 9.17) is 9.84 Å². The number of rotatable bonds is 10. The fourth-order valence-electron chi connectivity index (χ4n) is 2.34. The summed E-state index contributed by atoms with van der Waals surface area (Å²) in [5.74, 6) is 0. The summed E-state index contributed by atoms with van der Waals surface area (Å²) < 4.78 is 7.38. The number of aromatic nitrogens is 2. The zero-order valence-electron chi connectivity index (χ0n) is 12.9. The van der Waals surface area contributed by atoms with Crippen molar-refractivity contribution in [3.8, 4) is 0 Å². The Kier molecular flexibility index (Phi) is 7.75. The second-order valence-electron chi connectivity index (χ2n) is 5.07. The highest BCUT2D eigenvalue weighted by Crippen LogP contribution is 2.15. The molecule has 1 aromatic heterocycles. The smallest absolute Gasteiger partial charge is 0.0641 e. The van der Waals surface area contributed by atoms with E-state index in [-0.39, 0.29) is 0 Å². The van der Waals surface area contributed by atoms with Crippen LogP contribution < -0.4 is 5.32 Å². The Hall–Kier alpha value is -0.870. The number of methoxy groups -OCH3 is 1. The summed E-state index contributed by atoms with van der Waals surface area (Å²) in [7, 11) is 1.75. The summed E-state index contributed by atoms with van der Waals surface area (Å²) in [6.45, 7) is 8.37. The molecule has 1 unspecified atom stereocenters. The van der Waals surface area contributed by atoms with Crippen LogP contribution in [0.3, 0.4) is 0 Å². The molecular formula is C15H29N3O. The van der Waals surface area contributed by atoms with Crippen molar-refractivity contribution in [2.75, 3.05) is 20.3 Å². The molecule has 0 saturated carbocycles. The summed E-state index contributed by atoms with van der Waals surface area (Å²) in [5, 5.41) is 8.21. The molecule has 0 aliphatic carbocycles. The van der Waals surface area contributed by atoms with Crippen molar-refractivity contribution in [2.24, 2.45) is 0 Å². The van der Waals surface area contributed by atoms with Crippen LogP contribution in [-0.2, 0) is 11.2 Å². The van der Waals surface area contributed by atoms with Gasteiger partial charge >= 0.3 is 0 Å². The van der Waals surface area contributed by atoms with Crippen LogP contribution in [0.1, 0.15) is 51.8 Å². The first-order valence-corrected chi connectivity index (χ1v) is 7.51. The first-order valence-electron chi connectivity index (χ1n) is 7.51. The Morgan fingerprint density at radius 1 is 1.32 bits per heavy atom. The van der Waals surface area contributed by atoms with Crippen LogP contribution in [0.15, 0.2) is 12.3 Å². The zero-order chi connectivity index (χ0) is 14.1. The monoisotopic (exact) mass is 267 g/mol. The lowest BCUT2D eigenvalue weighted by Crippen LogP contribution is -2.35. The minimum Gasteiger partial charge on any atom is -0.383 e. The highest BCUT2D eigenvalue weighted by molar-refractivity contribution is 5.02. The average Bonchev–Trinajstić information content (AvgIpc) is 2.86. The van der Waals surface area contributed by atoms with E-state index in [1.54, 1.807) is 7.11 Å². The summed E-state index contributed by atoms with van der Waals surface area (Å²) in [6, 6.07) is 3.02. The standard InChI is InChI=1S/C15H29N3O/c1-5-9-16-14(12-19-4)11-13-8-10-18(17-13)15(6-2)7-3/h8,10,14-16H,5-7,9,11-12H2,1-4H3. The molecule has 1 atom stereocenters. The quantitative estimate of drug-likeness (QED) is 0.708. The summed E-state index contributed by atoms with van der Waals surface area (Å²) in [6.07, 6.45) is 6.44. The molecule has 0 amide bonds. The number of hydrogen-bond donors (Lipinski definition) is 1. The predicted octanol–water partition coefficient (Wildman–Crippen LogP) is 2.80. The second kappa shape index (κ2) is 9.10. The molecule has 0 aromatic carbocycles. The van der Waals surface area contributed by atoms with E-state index in [0.717, 1.165) is 44.5 Å². The van der Waals surface area contributed by atoms with Crippen LogP contribution in [0, 0.1) is 0 Å². The third-order valence-corrected chi connectivity index (χ3v) is 3.49. The van der Waals surface area contributed by atoms with Gasteiger partial charge in [-0.1, -0.05) is 20.8 Å². The van der Waals surface area contributed by atoms with E-state index in [1.807, 2.05) is 0 Å². The van der Waals surface area contributed by atoms with Crippen LogP contribution in [0.4, 0.5) is 0 Å². The number of nitrogens with one attached hydrogen (secondary N) is 1. The number of nitrogens with zero attached hydrogens (tertiary/aromatic N) is 2. The van der Waals surface area contributed by atoms with Crippen LogP contribution in [0.2, 0.25) is 0 Å². The van der Waals surface area contributed by atoms with Gasteiger partial charge in [0.05, 0.1) is 18.3 Å². The largest absolute Gasteiger partial charge is 0.383 e. The van der Waals surface area contributed by atoms with Crippen molar-refractivity contribution in [1.29, 1.82) is 0 Å². The molecule has 1 aromatic rings. The third kappa shape index (κ3) is 5.33. The van der Waals surface area contributed by atoms with Crippen molar-refractivity contribution in [1.82, 2.24) is 15.1 Å². The highest BCUT2D eigenvalue weighted by atomic mass is 16.5. The van der Waals surface area contributed by atoms with Gasteiger partial charge in [-0.2, -0.15) is 5.10 Å². The minimum absolute atomic E-state index is 0.356. The van der Waals surface area contributed by atoms with Crippen molar-refractivity contribution in [2.45, 2.75) is 58.5 Å². The van der Waals surface area contributed by atoms with Crippen LogP contribution in [0.5, 0.6) is 0 Å². The van der Waals surface area contributed by atoms with E-state index in [9.17, 15) is 0 Å². The third-order valence-electron chi connectivity index (χ3n) is 3.49. The highest BCUT2D eigenvalue weighted by Gasteiger charge is 2.12. The maximum absolute atomic E-state index is 5.27. The van der Waals surface area contributed by atoms with E-state index < -0.39 is 0 Å². The Bertz CT molecular complexity index is 334. The Morgan fingerprint density at radius 3 is 2.63 bits per heavy atom. The van der Waals surface area contributed by atoms with E-state index in [2.05, 4.69) is 43.0 Å². The number of hydrogen-bond acceptors (Lipinski definition) is 3. The van der Waals surface area contributed by atoms with Gasteiger partial charge in [-0.3, -0.25) is 4.68 Å². The first kappa shape index (κ1) is 16.2. The Labute approximate surface area is 117 Å². The molecule has 0 bridgehead atoms. The maximum Gasteiger partial charge on any atom is 0.0641 e. The summed E-state index contributed by atoms with van der Waals surface area (Å²) in [5.41, 5.74) is 1.15. The van der Waals surface area contributed by atoms with Crippen molar-refractivity contribution < 1.29 is 4.74 Å². The molecule has 0 saturated heterocycles. The molecule has 4 heteroatoms. The second-order valence-corrected chi connectivity index (χ2v) is 5.07. The zero-order valence-corrected chi connectivity index (χ0v) is 12.9. The molecule has 0 spiro atoms. The predicted molar refractivity (Wildman–Crippen MR) is 79.5 cm³/mol. The van der Waals surface area contributed by atoms with E-state index in [0.29, 0.717) is 12.1 Å². The van der Waals surface area contributed by atoms with Gasteiger partial charge in [0, 0.05) is 25.8 Å². The number of ether oxygens (including phenoxy) is 1. The SMILES string of the molecule is CCCNC(COC)Cc1ccn(C(CC)CC)n1. The molecule has 0 radical (unpaired) electrons. The normalized spacial score (nSPS) is 13.1. The maximum atomic E-state index is 5.27. The lowest BCUT2D eigenvalue weighted by atomic mass is 10.1. The van der Waals surface area contributed by atoms with Crippen LogP contribution in [0.25, 0.3) is 0 Å². The van der Waals surface area contributed by atoms with Crippen LogP contribution >= 0.6 is 0 Å². The van der Waals surface area contributed by atoms with Gasteiger partial charge in [-0.05, 0) is 31.9 Å². The lowest BCUT2D eigenvalue weighted by Gasteiger charge is -2.16. The van der Waals surface area contributed by atoms with Gasteiger partial charge in [0.2, 0.25) is 0 Å². The molecule has 0 aliphatic rings. The molecular weight excluding hydrogens is 238 g/mol. The summed E-state index contributed by atoms with van der Waals surface area (Å²) in [4.78, 5) is 0. The van der Waals surface area contributed by atoms with Crippen molar-refractivity contribution >= 4 is 0 Å². The van der Waals surface area contributed by atoms with Crippen LogP contribution in [-0.4, -0.2) is 36.1 Å². The lowest BCUT2D eigenvalue weighted by molar-refractivity contribution is 0.165. The molecule has 110 valence electrons. The fraction of sp³-hybridized carbons (Fsp3) is 0.800. The molecule has 4 nitrogen and oxygen atoms in total. The van der Waals surface area contributed by atoms with Gasteiger partial charge in [0.25, 0.3) is 0 Å². The molecule has 0 aliphatic heterocycles. The van der Waals surface area contributed by atoms with Gasteiger partial charge in [0.15, 0.2) is 0 Å². The molecule has 1 N–H and O–H groups in total. The molecule has 1 rings (SSSR count). The van der Waals surface area contributed by atoms with Gasteiger partial charge in [0.1, 0.15) is 0 Å². The van der Waals surface area contributed by atoms with Crippen molar-refractivity contribution in [3.05, 3.63) is 18.0 Å². The first-order chi connectivity index (χ1) is 9.24. The Balaban J connectivity index is 2.58. The van der Waals surface area contributed by atoms with E-state index in [1.165, 1.54) is 0 Å².